The molecule has 0 N–H and O–H groups in total. The minimum atomic E-state index is -0.348. The molecule has 0 aliphatic rings. The van der Waals surface area contributed by atoms with Crippen molar-refractivity contribution in [2.45, 2.75) is 6.54 Å². The summed E-state index contributed by atoms with van der Waals surface area (Å²) in [6.07, 6.45) is 3.09. The molecule has 1 aromatic carbocycles. The molecule has 0 bridgehead atoms. The zero-order valence-electron chi connectivity index (χ0n) is 12.4. The molecule has 24 heavy (non-hydrogen) atoms. The van der Waals surface area contributed by atoms with E-state index in [9.17, 15) is 9.18 Å². The number of aromatic nitrogens is 6. The van der Waals surface area contributed by atoms with Gasteiger partial charge in [-0.05, 0) is 36.4 Å². The molecular formula is C16H11FN6O. The average Bonchev–Trinajstić information content (AvgIpc) is 3.04. The summed E-state index contributed by atoms with van der Waals surface area (Å²) in [4.78, 5) is 16.7. The first kappa shape index (κ1) is 14.2. The first-order valence-corrected chi connectivity index (χ1v) is 7.20. The summed E-state index contributed by atoms with van der Waals surface area (Å²) in [6.45, 7) is 0.227. The second-order valence-corrected chi connectivity index (χ2v) is 5.14. The Balaban J connectivity index is 1.78. The van der Waals surface area contributed by atoms with Crippen LogP contribution in [0.3, 0.4) is 0 Å². The van der Waals surface area contributed by atoms with Crippen molar-refractivity contribution in [2.75, 3.05) is 0 Å². The van der Waals surface area contributed by atoms with Gasteiger partial charge in [-0.2, -0.15) is 5.10 Å². The van der Waals surface area contributed by atoms with Crippen LogP contribution in [0.5, 0.6) is 0 Å². The van der Waals surface area contributed by atoms with E-state index in [-0.39, 0.29) is 17.9 Å². The third kappa shape index (κ3) is 2.43. The average molecular weight is 322 g/mol. The van der Waals surface area contributed by atoms with E-state index < -0.39 is 0 Å². The molecule has 0 radical (unpaired) electrons. The summed E-state index contributed by atoms with van der Waals surface area (Å²) in [7, 11) is 0. The van der Waals surface area contributed by atoms with Gasteiger partial charge in [0.05, 0.1) is 24.1 Å². The molecule has 3 heterocycles. The summed E-state index contributed by atoms with van der Waals surface area (Å²) in [6, 6.07) is 11.2. The van der Waals surface area contributed by atoms with Crippen LogP contribution >= 0.6 is 0 Å². The molecule has 0 amide bonds. The van der Waals surface area contributed by atoms with Gasteiger partial charge in [0.25, 0.3) is 5.56 Å². The van der Waals surface area contributed by atoms with Gasteiger partial charge in [0.15, 0.2) is 5.65 Å². The summed E-state index contributed by atoms with van der Waals surface area (Å²) >= 11 is 0. The van der Waals surface area contributed by atoms with E-state index in [1.165, 1.54) is 27.7 Å². The van der Waals surface area contributed by atoms with Crippen LogP contribution < -0.4 is 5.56 Å². The second kappa shape index (κ2) is 5.65. The lowest BCUT2D eigenvalue weighted by Gasteiger charge is -2.04. The van der Waals surface area contributed by atoms with Crippen LogP contribution in [0.25, 0.3) is 16.7 Å². The van der Waals surface area contributed by atoms with Gasteiger partial charge in [-0.1, -0.05) is 11.3 Å². The fourth-order valence-corrected chi connectivity index (χ4v) is 2.38. The van der Waals surface area contributed by atoms with Gasteiger partial charge < -0.3 is 0 Å². The normalized spacial score (nSPS) is 11.0. The lowest BCUT2D eigenvalue weighted by atomic mass is 10.3. The van der Waals surface area contributed by atoms with Crippen molar-refractivity contribution in [2.24, 2.45) is 0 Å². The molecule has 0 saturated heterocycles. The van der Waals surface area contributed by atoms with E-state index in [4.69, 9.17) is 0 Å². The Morgan fingerprint density at radius 1 is 1.08 bits per heavy atom. The Hall–Kier alpha value is -3.42. The Bertz CT molecular complexity index is 1060. The van der Waals surface area contributed by atoms with Gasteiger partial charge in [0, 0.05) is 6.20 Å². The quantitative estimate of drug-likeness (QED) is 0.572. The summed E-state index contributed by atoms with van der Waals surface area (Å²) in [5.74, 6) is -0.348. The summed E-state index contributed by atoms with van der Waals surface area (Å²) < 4.78 is 15.7. The number of benzene rings is 1. The Morgan fingerprint density at radius 3 is 2.67 bits per heavy atom. The van der Waals surface area contributed by atoms with Crippen molar-refractivity contribution in [1.82, 2.24) is 29.8 Å². The molecule has 3 aromatic heterocycles. The predicted molar refractivity (Wildman–Crippen MR) is 84.2 cm³/mol. The molecule has 0 aliphatic carbocycles. The number of rotatable bonds is 3. The smallest absolute Gasteiger partial charge is 0.267 e. The lowest BCUT2D eigenvalue weighted by molar-refractivity contribution is 0.589. The molecule has 118 valence electrons. The van der Waals surface area contributed by atoms with Crippen LogP contribution in [0.4, 0.5) is 4.39 Å². The number of hydrogen-bond donors (Lipinski definition) is 0. The highest BCUT2D eigenvalue weighted by atomic mass is 19.1. The number of hydrogen-bond acceptors (Lipinski definition) is 5. The highest BCUT2D eigenvalue weighted by molar-refractivity contribution is 5.74. The molecule has 0 aliphatic heterocycles. The van der Waals surface area contributed by atoms with Crippen LogP contribution in [0.15, 0.2) is 59.7 Å². The monoisotopic (exact) mass is 322 g/mol. The Kier molecular flexibility index (Phi) is 3.34. The van der Waals surface area contributed by atoms with Gasteiger partial charge in [-0.25, -0.2) is 13.8 Å². The molecule has 0 spiro atoms. The van der Waals surface area contributed by atoms with E-state index in [0.29, 0.717) is 22.4 Å². The van der Waals surface area contributed by atoms with Gasteiger partial charge >= 0.3 is 0 Å². The van der Waals surface area contributed by atoms with Crippen LogP contribution in [-0.2, 0) is 6.54 Å². The molecule has 0 atom stereocenters. The molecule has 0 fully saturated rings. The first-order valence-electron chi connectivity index (χ1n) is 7.20. The third-order valence-corrected chi connectivity index (χ3v) is 3.57. The number of halogens is 1. The van der Waals surface area contributed by atoms with Crippen molar-refractivity contribution >= 4 is 11.0 Å². The SMILES string of the molecule is O=c1c2cnn(-c3ccc(F)cc3)c2nnn1Cc1ccccn1. The molecule has 7 nitrogen and oxygen atoms in total. The lowest BCUT2D eigenvalue weighted by Crippen LogP contribution is -2.25. The first-order chi connectivity index (χ1) is 11.7. The van der Waals surface area contributed by atoms with Crippen LogP contribution in [0.2, 0.25) is 0 Å². The highest BCUT2D eigenvalue weighted by Crippen LogP contribution is 2.13. The van der Waals surface area contributed by atoms with Crippen LogP contribution in [0.1, 0.15) is 5.69 Å². The van der Waals surface area contributed by atoms with Crippen molar-refractivity contribution < 1.29 is 4.39 Å². The van der Waals surface area contributed by atoms with Crippen molar-refractivity contribution in [1.29, 1.82) is 0 Å². The van der Waals surface area contributed by atoms with Gasteiger partial charge in [0.2, 0.25) is 0 Å². The van der Waals surface area contributed by atoms with Crippen LogP contribution in [-0.4, -0.2) is 29.8 Å². The van der Waals surface area contributed by atoms with E-state index in [0.717, 1.165) is 0 Å². The van der Waals surface area contributed by atoms with Crippen molar-refractivity contribution in [3.63, 3.8) is 0 Å². The zero-order valence-corrected chi connectivity index (χ0v) is 12.4. The van der Waals surface area contributed by atoms with Crippen LogP contribution in [0, 0.1) is 5.82 Å². The number of pyridine rings is 1. The van der Waals surface area contributed by atoms with Gasteiger partial charge in [0.1, 0.15) is 11.2 Å². The molecule has 0 unspecified atom stereocenters. The van der Waals surface area contributed by atoms with Crippen molar-refractivity contribution in [3.05, 3.63) is 76.7 Å². The maximum Gasteiger partial charge on any atom is 0.281 e. The number of nitrogens with zero attached hydrogens (tertiary/aromatic N) is 6. The fraction of sp³-hybridized carbons (Fsp3) is 0.0625. The Morgan fingerprint density at radius 2 is 1.92 bits per heavy atom. The highest BCUT2D eigenvalue weighted by Gasteiger charge is 2.13. The largest absolute Gasteiger partial charge is 0.281 e. The number of fused-ring (bicyclic) bond motifs is 1. The van der Waals surface area contributed by atoms with Crippen molar-refractivity contribution in [3.8, 4) is 5.69 Å². The molecule has 8 heteroatoms. The maximum atomic E-state index is 13.0. The topological polar surface area (TPSA) is 78.5 Å². The van der Waals surface area contributed by atoms with E-state index in [1.54, 1.807) is 30.5 Å². The zero-order chi connectivity index (χ0) is 16.5. The maximum absolute atomic E-state index is 13.0. The van der Waals surface area contributed by atoms with E-state index in [2.05, 4.69) is 20.4 Å². The molecular weight excluding hydrogens is 311 g/mol. The molecule has 0 saturated carbocycles. The van der Waals surface area contributed by atoms with Gasteiger partial charge in [-0.15, -0.1) is 5.10 Å². The fourth-order valence-electron chi connectivity index (χ4n) is 2.38. The summed E-state index contributed by atoms with van der Waals surface area (Å²) in [5.41, 5.74) is 1.32. The predicted octanol–water partition coefficient (Wildman–Crippen LogP) is 1.56. The second-order valence-electron chi connectivity index (χ2n) is 5.14. The molecule has 4 aromatic rings. The third-order valence-electron chi connectivity index (χ3n) is 3.57. The standard InChI is InChI=1S/C16H11FN6O/c17-11-4-6-13(7-5-11)23-15-14(9-19-23)16(24)22(21-20-15)10-12-3-1-2-8-18-12/h1-9H,10H2. The van der Waals surface area contributed by atoms with Gasteiger partial charge in [-0.3, -0.25) is 9.78 Å². The van der Waals surface area contributed by atoms with E-state index >= 15 is 0 Å². The Labute approximate surface area is 135 Å². The van der Waals surface area contributed by atoms with E-state index in [1.807, 2.05) is 6.07 Å². The minimum absolute atomic E-state index is 0.227. The molecule has 4 rings (SSSR count). The summed E-state index contributed by atoms with van der Waals surface area (Å²) in [5, 5.41) is 12.6. The minimum Gasteiger partial charge on any atom is -0.267 e.